The Hall–Kier alpha value is -4.01. The molecule has 0 heterocycles. The zero-order valence-electron chi connectivity index (χ0n) is 17.3. The summed E-state index contributed by atoms with van der Waals surface area (Å²) in [5, 5.41) is 12.8. The smallest absolute Gasteiger partial charge is 0.266 e. The second-order valence-electron chi connectivity index (χ2n) is 6.67. The number of ether oxygens (including phenoxy) is 2. The Bertz CT molecular complexity index is 1160. The van der Waals surface area contributed by atoms with Gasteiger partial charge in [-0.25, -0.2) is 0 Å². The van der Waals surface area contributed by atoms with Crippen molar-refractivity contribution in [3.63, 3.8) is 0 Å². The van der Waals surface area contributed by atoms with Crippen LogP contribution in [0.5, 0.6) is 11.5 Å². The Balaban J connectivity index is 1.65. The van der Waals surface area contributed by atoms with Crippen LogP contribution in [-0.4, -0.2) is 12.5 Å². The minimum Gasteiger partial charge on any atom is -0.489 e. The number of benzene rings is 3. The Morgan fingerprint density at radius 1 is 1.03 bits per heavy atom. The van der Waals surface area contributed by atoms with Crippen LogP contribution in [0.4, 0.5) is 5.69 Å². The molecule has 0 radical (unpaired) electrons. The Morgan fingerprint density at radius 2 is 1.75 bits per heavy atom. The predicted molar refractivity (Wildman–Crippen MR) is 127 cm³/mol. The van der Waals surface area contributed by atoms with Crippen LogP contribution in [0.2, 0.25) is 5.02 Å². The fraction of sp³-hybridized carbons (Fsp3) is 0.0769. The molecule has 0 aliphatic carbocycles. The number of hydrogen-bond donors (Lipinski definition) is 1. The van der Waals surface area contributed by atoms with Crippen LogP contribution in [0, 0.1) is 11.3 Å². The van der Waals surface area contributed by atoms with Crippen LogP contribution in [0.25, 0.3) is 6.08 Å². The molecular weight excluding hydrogens is 424 g/mol. The average Bonchev–Trinajstić information content (AvgIpc) is 2.82. The summed E-state index contributed by atoms with van der Waals surface area (Å²) in [6.07, 6.45) is 3.12. The molecule has 0 atom stereocenters. The number of amides is 1. The lowest BCUT2D eigenvalue weighted by atomic mass is 10.1. The number of carbonyl (C=O) groups excluding carboxylic acids is 1. The highest BCUT2D eigenvalue weighted by molar-refractivity contribution is 6.31. The van der Waals surface area contributed by atoms with Crippen molar-refractivity contribution in [1.82, 2.24) is 0 Å². The minimum atomic E-state index is -0.518. The third-order valence-corrected chi connectivity index (χ3v) is 4.77. The predicted octanol–water partition coefficient (Wildman–Crippen LogP) is 6.03. The number of carbonyl (C=O) groups is 1. The summed E-state index contributed by atoms with van der Waals surface area (Å²) < 4.78 is 11.3. The van der Waals surface area contributed by atoms with E-state index >= 15 is 0 Å². The van der Waals surface area contributed by atoms with Crippen molar-refractivity contribution in [3.05, 3.63) is 107 Å². The molecule has 0 saturated carbocycles. The van der Waals surface area contributed by atoms with E-state index in [1.165, 1.54) is 6.08 Å². The van der Waals surface area contributed by atoms with Crippen LogP contribution in [0.15, 0.2) is 91.0 Å². The summed E-state index contributed by atoms with van der Waals surface area (Å²) in [6, 6.07) is 23.5. The molecule has 0 aliphatic heterocycles. The molecule has 0 bridgehead atoms. The van der Waals surface area contributed by atoms with Crippen molar-refractivity contribution in [1.29, 1.82) is 5.26 Å². The van der Waals surface area contributed by atoms with Crippen LogP contribution in [0.3, 0.4) is 0 Å². The van der Waals surface area contributed by atoms with Gasteiger partial charge in [-0.15, -0.1) is 0 Å². The Kier molecular flexibility index (Phi) is 8.08. The zero-order valence-corrected chi connectivity index (χ0v) is 18.0. The quantitative estimate of drug-likeness (QED) is 0.248. The van der Waals surface area contributed by atoms with Crippen molar-refractivity contribution in [2.45, 2.75) is 6.61 Å². The van der Waals surface area contributed by atoms with Gasteiger partial charge in [0.1, 0.15) is 36.4 Å². The second kappa shape index (κ2) is 11.4. The first-order valence-electron chi connectivity index (χ1n) is 9.83. The molecule has 3 aromatic rings. The van der Waals surface area contributed by atoms with Crippen LogP contribution < -0.4 is 14.8 Å². The molecule has 0 aliphatic rings. The molecule has 5 nitrogen and oxygen atoms in total. The molecule has 3 aromatic carbocycles. The van der Waals surface area contributed by atoms with E-state index in [4.69, 9.17) is 21.1 Å². The molecule has 0 saturated heterocycles. The number of anilines is 1. The van der Waals surface area contributed by atoms with Crippen molar-refractivity contribution < 1.29 is 14.3 Å². The van der Waals surface area contributed by atoms with Crippen molar-refractivity contribution in [2.75, 3.05) is 11.9 Å². The lowest BCUT2D eigenvalue weighted by molar-refractivity contribution is -0.112. The number of nitrogens with one attached hydrogen (secondary N) is 1. The number of nitrogens with zero attached hydrogens (tertiary/aromatic N) is 1. The number of hydrogen-bond acceptors (Lipinski definition) is 4. The van der Waals surface area contributed by atoms with Crippen LogP contribution in [0.1, 0.15) is 11.1 Å². The van der Waals surface area contributed by atoms with Gasteiger partial charge in [0.2, 0.25) is 0 Å². The number of nitriles is 1. The van der Waals surface area contributed by atoms with E-state index in [0.29, 0.717) is 41.0 Å². The summed E-state index contributed by atoms with van der Waals surface area (Å²) >= 11 is 6.14. The van der Waals surface area contributed by atoms with Gasteiger partial charge in [-0.05, 0) is 42.5 Å². The third kappa shape index (κ3) is 6.24. The minimum absolute atomic E-state index is 0.0429. The van der Waals surface area contributed by atoms with Gasteiger partial charge in [0, 0.05) is 21.8 Å². The van der Waals surface area contributed by atoms with Gasteiger partial charge < -0.3 is 14.8 Å². The SMILES string of the molecule is C=CCOc1ccccc1/C=C(\C#N)C(=O)Nc1ccc(OCc2ccccc2Cl)cc1. The number of halogens is 1. The van der Waals surface area contributed by atoms with E-state index in [1.54, 1.807) is 48.5 Å². The van der Waals surface area contributed by atoms with E-state index in [9.17, 15) is 10.1 Å². The second-order valence-corrected chi connectivity index (χ2v) is 7.07. The lowest BCUT2D eigenvalue weighted by Crippen LogP contribution is -2.13. The van der Waals surface area contributed by atoms with Gasteiger partial charge in [0.15, 0.2) is 0 Å². The van der Waals surface area contributed by atoms with Gasteiger partial charge in [-0.2, -0.15) is 5.26 Å². The van der Waals surface area contributed by atoms with E-state index in [1.807, 2.05) is 36.4 Å². The molecule has 32 heavy (non-hydrogen) atoms. The largest absolute Gasteiger partial charge is 0.489 e. The van der Waals surface area contributed by atoms with Gasteiger partial charge in [0.05, 0.1) is 0 Å². The molecule has 6 heteroatoms. The molecule has 3 rings (SSSR count). The molecular formula is C26H21ClN2O3. The van der Waals surface area contributed by atoms with Crippen molar-refractivity contribution >= 4 is 29.3 Å². The van der Waals surface area contributed by atoms with Crippen LogP contribution >= 0.6 is 11.6 Å². The summed E-state index contributed by atoms with van der Waals surface area (Å²) in [5.41, 5.74) is 2.01. The van der Waals surface area contributed by atoms with Gasteiger partial charge in [-0.3, -0.25) is 4.79 Å². The monoisotopic (exact) mass is 444 g/mol. The summed E-state index contributed by atoms with van der Waals surface area (Å²) in [4.78, 5) is 12.6. The molecule has 160 valence electrons. The maximum absolute atomic E-state index is 12.6. The lowest BCUT2D eigenvalue weighted by Gasteiger charge is -2.10. The standard InChI is InChI=1S/C26H21ClN2O3/c1-2-15-31-25-10-6-4-7-19(25)16-21(17-28)26(30)29-22-11-13-23(14-12-22)32-18-20-8-3-5-9-24(20)27/h2-14,16H,1,15,18H2,(H,29,30)/b21-16+. The van der Waals surface area contributed by atoms with E-state index in [-0.39, 0.29) is 5.57 Å². The average molecular weight is 445 g/mol. The Labute approximate surface area is 192 Å². The van der Waals surface area contributed by atoms with Gasteiger partial charge >= 0.3 is 0 Å². The van der Waals surface area contributed by atoms with Crippen LogP contribution in [-0.2, 0) is 11.4 Å². The zero-order chi connectivity index (χ0) is 22.8. The fourth-order valence-corrected chi connectivity index (χ4v) is 2.98. The molecule has 0 aromatic heterocycles. The van der Waals surface area contributed by atoms with Gasteiger partial charge in [-0.1, -0.05) is 60.7 Å². The molecule has 0 fully saturated rings. The number of rotatable bonds is 9. The van der Waals surface area contributed by atoms with Crippen molar-refractivity contribution in [3.8, 4) is 17.6 Å². The molecule has 1 amide bonds. The Morgan fingerprint density at radius 3 is 2.47 bits per heavy atom. The van der Waals surface area contributed by atoms with E-state index < -0.39 is 5.91 Å². The normalized spacial score (nSPS) is 10.7. The van der Waals surface area contributed by atoms with Crippen molar-refractivity contribution in [2.24, 2.45) is 0 Å². The summed E-state index contributed by atoms with van der Waals surface area (Å²) in [7, 11) is 0. The first-order valence-corrected chi connectivity index (χ1v) is 10.2. The summed E-state index contributed by atoms with van der Waals surface area (Å²) in [6.45, 7) is 4.28. The fourth-order valence-electron chi connectivity index (χ4n) is 2.79. The van der Waals surface area contributed by atoms with E-state index in [0.717, 1.165) is 5.56 Å². The summed E-state index contributed by atoms with van der Waals surface area (Å²) in [5.74, 6) is 0.677. The van der Waals surface area contributed by atoms with E-state index in [2.05, 4.69) is 11.9 Å². The maximum Gasteiger partial charge on any atom is 0.266 e. The molecule has 0 spiro atoms. The first-order chi connectivity index (χ1) is 15.6. The highest BCUT2D eigenvalue weighted by Crippen LogP contribution is 2.23. The topological polar surface area (TPSA) is 71.3 Å². The highest BCUT2D eigenvalue weighted by atomic mass is 35.5. The maximum atomic E-state index is 12.6. The highest BCUT2D eigenvalue weighted by Gasteiger charge is 2.11. The molecule has 1 N–H and O–H groups in total. The van der Waals surface area contributed by atoms with Gasteiger partial charge in [0.25, 0.3) is 5.91 Å². The third-order valence-electron chi connectivity index (χ3n) is 4.40. The molecule has 0 unspecified atom stereocenters. The first kappa shape index (κ1) is 22.7. The number of para-hydroxylation sites is 1.